The quantitative estimate of drug-likeness (QED) is 0.228. The van der Waals surface area contributed by atoms with E-state index in [1.807, 2.05) is 0 Å². The average Bonchev–Trinajstić information content (AvgIpc) is 3.50. The smallest absolute Gasteiger partial charge is 0.484 e. The van der Waals surface area contributed by atoms with E-state index in [4.69, 9.17) is 14.6 Å². The summed E-state index contributed by atoms with van der Waals surface area (Å²) in [5.74, 6) is -1.07. The van der Waals surface area contributed by atoms with Crippen LogP contribution in [0.25, 0.3) is 5.69 Å². The fourth-order valence-corrected chi connectivity index (χ4v) is 5.08. The van der Waals surface area contributed by atoms with Crippen LogP contribution in [-0.4, -0.2) is 32.1 Å². The van der Waals surface area contributed by atoms with Crippen molar-refractivity contribution in [3.8, 4) is 28.8 Å². The molecule has 1 unspecified atom stereocenters. The predicted molar refractivity (Wildman–Crippen MR) is 138 cm³/mol. The number of hydrogen-bond acceptors (Lipinski definition) is 7. The van der Waals surface area contributed by atoms with E-state index in [0.29, 0.717) is 24.2 Å². The van der Waals surface area contributed by atoms with Gasteiger partial charge < -0.3 is 24.1 Å². The first-order chi connectivity index (χ1) is 20.4. The highest BCUT2D eigenvalue weighted by Crippen LogP contribution is 2.44. The van der Waals surface area contributed by atoms with Crippen molar-refractivity contribution < 1.29 is 50.8 Å². The molecule has 0 saturated heterocycles. The van der Waals surface area contributed by atoms with E-state index in [-0.39, 0.29) is 46.3 Å². The Hall–Kier alpha value is -4.88. The molecule has 224 valence electrons. The first-order valence-corrected chi connectivity index (χ1v) is 13.1. The maximum absolute atomic E-state index is 14.1. The molecule has 2 aromatic carbocycles. The molecule has 2 aliphatic rings. The van der Waals surface area contributed by atoms with Gasteiger partial charge in [-0.2, -0.15) is 18.3 Å². The Morgan fingerprint density at radius 3 is 2.56 bits per heavy atom. The van der Waals surface area contributed by atoms with Crippen molar-refractivity contribution in [2.45, 2.75) is 50.9 Å². The fourth-order valence-electron chi connectivity index (χ4n) is 5.08. The number of fused-ring (bicyclic) bond motifs is 2. The van der Waals surface area contributed by atoms with E-state index in [9.17, 15) is 26.7 Å². The Morgan fingerprint density at radius 1 is 1.09 bits per heavy atom. The molecule has 9 nitrogen and oxygen atoms in total. The van der Waals surface area contributed by atoms with E-state index in [2.05, 4.69) is 19.6 Å². The summed E-state index contributed by atoms with van der Waals surface area (Å²) >= 11 is 0. The van der Waals surface area contributed by atoms with Crippen molar-refractivity contribution in [2.75, 3.05) is 0 Å². The minimum Gasteiger partial charge on any atom is -0.484 e. The number of carboxylic acid groups (broad SMARTS) is 1. The summed E-state index contributed by atoms with van der Waals surface area (Å²) in [7, 11) is 0. The number of aromatic carboxylic acids is 1. The van der Waals surface area contributed by atoms with Crippen LogP contribution in [0.2, 0.25) is 0 Å². The van der Waals surface area contributed by atoms with Gasteiger partial charge in [0.25, 0.3) is 0 Å². The van der Waals surface area contributed by atoms with Gasteiger partial charge in [0.2, 0.25) is 5.88 Å². The molecule has 3 heterocycles. The van der Waals surface area contributed by atoms with Crippen molar-refractivity contribution in [3.05, 3.63) is 88.9 Å². The van der Waals surface area contributed by atoms with E-state index >= 15 is 0 Å². The second kappa shape index (κ2) is 10.4. The number of benzene rings is 2. The van der Waals surface area contributed by atoms with Crippen LogP contribution in [0.3, 0.4) is 0 Å². The summed E-state index contributed by atoms with van der Waals surface area (Å²) in [5, 5.41) is 13.1. The molecule has 43 heavy (non-hydrogen) atoms. The van der Waals surface area contributed by atoms with Gasteiger partial charge in [0.1, 0.15) is 18.0 Å². The van der Waals surface area contributed by atoms with E-state index in [1.54, 1.807) is 6.92 Å². The number of carboxylic acids is 1. The highest BCUT2D eigenvalue weighted by Gasteiger charge is 2.44. The van der Waals surface area contributed by atoms with Gasteiger partial charge in [-0.25, -0.2) is 14.5 Å². The molecule has 1 aliphatic heterocycles. The fraction of sp³-hybridized carbons (Fsp3) is 0.276. The number of halogens is 5. The van der Waals surface area contributed by atoms with Crippen molar-refractivity contribution >= 4 is 5.97 Å². The molecule has 0 bridgehead atoms. The summed E-state index contributed by atoms with van der Waals surface area (Å²) < 4.78 is 91.1. The zero-order valence-electron chi connectivity index (χ0n) is 22.3. The minimum absolute atomic E-state index is 0.00992. The second-order valence-electron chi connectivity index (χ2n) is 9.94. The molecule has 14 heteroatoms. The van der Waals surface area contributed by atoms with E-state index in [1.165, 1.54) is 60.8 Å². The largest absolute Gasteiger partial charge is 0.586 e. The molecular formula is C29H22F5N3O6. The van der Waals surface area contributed by atoms with Crippen molar-refractivity contribution in [3.63, 3.8) is 0 Å². The second-order valence-corrected chi connectivity index (χ2v) is 9.94. The lowest BCUT2D eigenvalue weighted by molar-refractivity contribution is -0.286. The zero-order valence-corrected chi connectivity index (χ0v) is 22.3. The van der Waals surface area contributed by atoms with Crippen molar-refractivity contribution in [1.82, 2.24) is 14.8 Å². The van der Waals surface area contributed by atoms with Gasteiger partial charge in [0.15, 0.2) is 17.2 Å². The monoisotopic (exact) mass is 603 g/mol. The zero-order chi connectivity index (χ0) is 30.5. The van der Waals surface area contributed by atoms with Crippen LogP contribution in [0.4, 0.5) is 22.0 Å². The Morgan fingerprint density at radius 2 is 1.84 bits per heavy atom. The van der Waals surface area contributed by atoms with Gasteiger partial charge in [-0.3, -0.25) is 0 Å². The molecule has 1 aliphatic carbocycles. The summed E-state index contributed by atoms with van der Waals surface area (Å²) in [6.07, 6.45) is -7.73. The summed E-state index contributed by atoms with van der Waals surface area (Å²) in [5.41, 5.74) is -0.0740. The number of nitrogens with zero attached hydrogens (tertiary/aromatic N) is 3. The van der Waals surface area contributed by atoms with Crippen molar-refractivity contribution in [1.29, 1.82) is 0 Å². The molecule has 2 aromatic heterocycles. The molecule has 0 radical (unpaired) electrons. The number of alkyl halides is 5. The molecule has 1 N–H and O–H groups in total. The van der Waals surface area contributed by atoms with Crippen LogP contribution < -0.4 is 18.9 Å². The highest BCUT2D eigenvalue weighted by atomic mass is 19.4. The van der Waals surface area contributed by atoms with Gasteiger partial charge in [-0.15, -0.1) is 8.78 Å². The van der Waals surface area contributed by atoms with Gasteiger partial charge >= 0.3 is 18.4 Å². The van der Waals surface area contributed by atoms with Gasteiger partial charge in [-0.05, 0) is 74.2 Å². The predicted octanol–water partition coefficient (Wildman–Crippen LogP) is 6.90. The van der Waals surface area contributed by atoms with E-state index < -0.39 is 36.3 Å². The van der Waals surface area contributed by atoms with E-state index in [0.717, 1.165) is 4.68 Å². The molecular weight excluding hydrogens is 581 g/mol. The summed E-state index contributed by atoms with van der Waals surface area (Å²) in [6.45, 7) is 1.64. The number of carbonyl (C=O) groups is 1. The van der Waals surface area contributed by atoms with Crippen LogP contribution in [0.15, 0.2) is 60.8 Å². The SMILES string of the molecule is CC(Oc1cc(-n2nc(C(F)(F)F)c3c2[C@@H](Oc2ccc(C(=O)O)cc2)CCC3)ccn1)c1ccc2c(c1)OC(F)(F)O2. The van der Waals surface area contributed by atoms with Gasteiger partial charge in [0, 0.05) is 17.8 Å². The standard InChI is InChI=1S/C29H22F5N3O6/c1-15(17-7-10-21-23(13-17)43-29(33,34)42-21)40-24-14-18(11-12-35-24)37-25-20(26(36-37)28(30,31)32)3-2-4-22(25)41-19-8-5-16(6-9-19)27(38)39/h5-15,22H,2-4H2,1H3,(H,38,39)/t15?,22-/m0/s1. The third-order valence-electron chi connectivity index (χ3n) is 7.02. The lowest BCUT2D eigenvalue weighted by atomic mass is 9.93. The lowest BCUT2D eigenvalue weighted by Gasteiger charge is -2.26. The number of ether oxygens (including phenoxy) is 4. The molecule has 2 atom stereocenters. The van der Waals surface area contributed by atoms with Crippen molar-refractivity contribution in [2.24, 2.45) is 0 Å². The molecule has 0 saturated carbocycles. The van der Waals surface area contributed by atoms with Crippen LogP contribution in [-0.2, 0) is 12.6 Å². The maximum atomic E-state index is 14.1. The molecule has 6 rings (SSSR count). The van der Waals surface area contributed by atoms with Crippen LogP contribution in [0.1, 0.15) is 64.8 Å². The number of aromatic nitrogens is 3. The Kier molecular flexibility index (Phi) is 6.86. The first-order valence-electron chi connectivity index (χ1n) is 13.1. The number of pyridine rings is 1. The molecule has 4 aromatic rings. The topological polar surface area (TPSA) is 105 Å². The normalized spacial score (nSPS) is 17.7. The average molecular weight is 604 g/mol. The van der Waals surface area contributed by atoms with Gasteiger partial charge in [-0.1, -0.05) is 6.07 Å². The van der Waals surface area contributed by atoms with Crippen LogP contribution >= 0.6 is 0 Å². The minimum atomic E-state index is -4.72. The molecule has 0 fully saturated rings. The maximum Gasteiger partial charge on any atom is 0.586 e. The highest BCUT2D eigenvalue weighted by molar-refractivity contribution is 5.87. The van der Waals surface area contributed by atoms with Crippen LogP contribution in [0, 0.1) is 0 Å². The molecule has 0 spiro atoms. The summed E-state index contributed by atoms with van der Waals surface area (Å²) in [6, 6.07) is 12.6. The number of hydrogen-bond donors (Lipinski definition) is 1. The van der Waals surface area contributed by atoms with Gasteiger partial charge in [0.05, 0.1) is 16.9 Å². The number of rotatable bonds is 7. The third-order valence-corrected chi connectivity index (χ3v) is 7.02. The summed E-state index contributed by atoms with van der Waals surface area (Å²) in [4.78, 5) is 15.4. The molecule has 0 amide bonds. The van der Waals surface area contributed by atoms with Crippen LogP contribution in [0.5, 0.6) is 23.1 Å². The first kappa shape index (κ1) is 28.2. The Balaban J connectivity index is 1.31. The Bertz CT molecular complexity index is 1690. The lowest BCUT2D eigenvalue weighted by Crippen LogP contribution is -2.25. The third kappa shape index (κ3) is 5.64. The Labute approximate surface area is 240 Å².